The zero-order valence-corrected chi connectivity index (χ0v) is 19.0. The van der Waals surface area contributed by atoms with Gasteiger partial charge in [-0.25, -0.2) is 0 Å². The van der Waals surface area contributed by atoms with Gasteiger partial charge in [-0.2, -0.15) is 0 Å². The monoisotopic (exact) mass is 439 g/mol. The van der Waals surface area contributed by atoms with Crippen LogP contribution in [0.4, 0.5) is 11.4 Å². The predicted octanol–water partition coefficient (Wildman–Crippen LogP) is 4.59. The van der Waals surface area contributed by atoms with Crippen LogP contribution in [0.15, 0.2) is 36.4 Å². The molecule has 2 aliphatic rings. The minimum Gasteiger partial charge on any atom is -0.369 e. The van der Waals surface area contributed by atoms with Crippen molar-refractivity contribution in [3.05, 3.63) is 58.1 Å². The zero-order valence-electron chi connectivity index (χ0n) is 18.3. The molecular formula is C25H30ClN3O2. The molecule has 164 valence electrons. The van der Waals surface area contributed by atoms with E-state index in [0.717, 1.165) is 44.5 Å². The Kier molecular flexibility index (Phi) is 6.51. The second-order valence-electron chi connectivity index (χ2n) is 8.65. The lowest BCUT2D eigenvalue weighted by molar-refractivity contribution is -0.138. The van der Waals surface area contributed by atoms with Gasteiger partial charge in [-0.1, -0.05) is 41.4 Å². The van der Waals surface area contributed by atoms with E-state index < -0.39 is 6.04 Å². The van der Waals surface area contributed by atoms with Crippen molar-refractivity contribution >= 4 is 34.8 Å². The molecule has 2 heterocycles. The Morgan fingerprint density at radius 2 is 1.90 bits per heavy atom. The molecular weight excluding hydrogens is 410 g/mol. The molecule has 0 radical (unpaired) electrons. The summed E-state index contributed by atoms with van der Waals surface area (Å²) in [7, 11) is 0. The SMILES string of the molecule is CC(=O)N1CCCC[C@@H]1C(=O)Nc1cc(Cl)c2c(c1)CCN2CCc1ccc(C)cc1. The van der Waals surface area contributed by atoms with Gasteiger partial charge < -0.3 is 15.1 Å². The smallest absolute Gasteiger partial charge is 0.247 e. The molecule has 2 aliphatic heterocycles. The number of hydrogen-bond acceptors (Lipinski definition) is 3. The molecule has 1 atom stereocenters. The fourth-order valence-corrected chi connectivity index (χ4v) is 5.05. The second kappa shape index (κ2) is 9.31. The maximum atomic E-state index is 12.9. The van der Waals surface area contributed by atoms with Crippen LogP contribution in [0.3, 0.4) is 0 Å². The second-order valence-corrected chi connectivity index (χ2v) is 9.06. The summed E-state index contributed by atoms with van der Waals surface area (Å²) in [5.41, 5.74) is 5.55. The number of halogens is 1. The molecule has 0 bridgehead atoms. The van der Waals surface area contributed by atoms with Gasteiger partial charge in [0, 0.05) is 32.2 Å². The van der Waals surface area contributed by atoms with Gasteiger partial charge in [0.25, 0.3) is 0 Å². The number of rotatable bonds is 5. The number of piperidine rings is 1. The number of hydrogen-bond donors (Lipinski definition) is 1. The molecule has 0 aromatic heterocycles. The van der Waals surface area contributed by atoms with E-state index in [4.69, 9.17) is 11.6 Å². The summed E-state index contributed by atoms with van der Waals surface area (Å²) in [4.78, 5) is 28.8. The van der Waals surface area contributed by atoms with Crippen molar-refractivity contribution in [1.29, 1.82) is 0 Å². The van der Waals surface area contributed by atoms with Gasteiger partial charge in [-0.3, -0.25) is 9.59 Å². The normalized spacial score (nSPS) is 18.1. The highest BCUT2D eigenvalue weighted by Gasteiger charge is 2.31. The molecule has 4 rings (SSSR count). The molecule has 1 N–H and O–H groups in total. The fraction of sp³-hybridized carbons (Fsp3) is 0.440. The minimum absolute atomic E-state index is 0.0453. The van der Waals surface area contributed by atoms with Crippen LogP contribution in [0.2, 0.25) is 5.02 Å². The minimum atomic E-state index is -0.399. The standard InChI is InChI=1S/C25H30ClN3O2/c1-17-6-8-19(9-7-17)10-13-28-14-11-20-15-21(16-22(26)24(20)28)27-25(31)23-5-3-4-12-29(23)18(2)30/h6-9,15-16,23H,3-5,10-14H2,1-2H3,(H,27,31)/t23-/m1/s1. The first kappa shape index (κ1) is 21.7. The first-order valence-electron chi connectivity index (χ1n) is 11.1. The van der Waals surface area contributed by atoms with E-state index in [-0.39, 0.29) is 11.8 Å². The highest BCUT2D eigenvalue weighted by molar-refractivity contribution is 6.34. The lowest BCUT2D eigenvalue weighted by Gasteiger charge is -2.34. The number of carbonyl (C=O) groups excluding carboxylic acids is 2. The first-order chi connectivity index (χ1) is 14.9. The molecule has 0 unspecified atom stereocenters. The lowest BCUT2D eigenvalue weighted by atomic mass is 10.0. The van der Waals surface area contributed by atoms with Crippen molar-refractivity contribution < 1.29 is 9.59 Å². The number of aryl methyl sites for hydroxylation is 1. The van der Waals surface area contributed by atoms with Gasteiger partial charge in [0.2, 0.25) is 11.8 Å². The maximum Gasteiger partial charge on any atom is 0.247 e. The van der Waals surface area contributed by atoms with E-state index in [2.05, 4.69) is 41.4 Å². The van der Waals surface area contributed by atoms with Gasteiger partial charge in [0.15, 0.2) is 0 Å². The highest BCUT2D eigenvalue weighted by Crippen LogP contribution is 2.38. The molecule has 0 saturated carbocycles. The molecule has 2 aromatic carbocycles. The maximum absolute atomic E-state index is 12.9. The van der Waals surface area contributed by atoms with Crippen LogP contribution in [0.1, 0.15) is 42.9 Å². The van der Waals surface area contributed by atoms with Crippen molar-refractivity contribution in [2.75, 3.05) is 29.9 Å². The summed E-state index contributed by atoms with van der Waals surface area (Å²) in [6.45, 7) is 6.12. The number of nitrogens with one attached hydrogen (secondary N) is 1. The van der Waals surface area contributed by atoms with Crippen LogP contribution >= 0.6 is 11.6 Å². The average molecular weight is 440 g/mol. The quantitative estimate of drug-likeness (QED) is 0.741. The van der Waals surface area contributed by atoms with Crippen LogP contribution in [-0.2, 0) is 22.4 Å². The summed E-state index contributed by atoms with van der Waals surface area (Å²) in [6.07, 6.45) is 4.50. The summed E-state index contributed by atoms with van der Waals surface area (Å²) in [6, 6.07) is 12.1. The van der Waals surface area contributed by atoms with Crippen molar-refractivity contribution in [2.24, 2.45) is 0 Å². The number of anilines is 2. The number of benzene rings is 2. The molecule has 1 saturated heterocycles. The summed E-state index contributed by atoms with van der Waals surface area (Å²) in [5.74, 6) is -0.170. The Morgan fingerprint density at radius 3 is 2.65 bits per heavy atom. The van der Waals surface area contributed by atoms with E-state index in [0.29, 0.717) is 23.7 Å². The first-order valence-corrected chi connectivity index (χ1v) is 11.5. The van der Waals surface area contributed by atoms with Gasteiger partial charge in [-0.05, 0) is 62.3 Å². The van der Waals surface area contributed by atoms with Crippen molar-refractivity contribution in [3.8, 4) is 0 Å². The third-order valence-electron chi connectivity index (χ3n) is 6.38. The molecule has 2 amide bonds. The Morgan fingerprint density at radius 1 is 1.13 bits per heavy atom. The number of carbonyl (C=O) groups is 2. The molecule has 0 aliphatic carbocycles. The topological polar surface area (TPSA) is 52.7 Å². The van der Waals surface area contributed by atoms with Gasteiger partial charge in [0.1, 0.15) is 6.04 Å². The van der Waals surface area contributed by atoms with E-state index in [1.165, 1.54) is 23.6 Å². The van der Waals surface area contributed by atoms with Crippen LogP contribution in [0, 0.1) is 6.92 Å². The van der Waals surface area contributed by atoms with Crippen molar-refractivity contribution in [2.45, 2.75) is 52.0 Å². The van der Waals surface area contributed by atoms with Crippen LogP contribution in [0.5, 0.6) is 0 Å². The number of fused-ring (bicyclic) bond motifs is 1. The van der Waals surface area contributed by atoms with Crippen molar-refractivity contribution in [3.63, 3.8) is 0 Å². The Balaban J connectivity index is 1.44. The Labute approximate surface area is 189 Å². The highest BCUT2D eigenvalue weighted by atomic mass is 35.5. The molecule has 0 spiro atoms. The van der Waals surface area contributed by atoms with Gasteiger partial charge in [0.05, 0.1) is 10.7 Å². The number of likely N-dealkylation sites (tertiary alicyclic amines) is 1. The molecule has 2 aromatic rings. The van der Waals surface area contributed by atoms with Crippen molar-refractivity contribution in [1.82, 2.24) is 4.90 Å². The molecule has 31 heavy (non-hydrogen) atoms. The Hall–Kier alpha value is -2.53. The average Bonchev–Trinajstić information content (AvgIpc) is 3.16. The van der Waals surface area contributed by atoms with Crippen LogP contribution in [0.25, 0.3) is 0 Å². The number of amides is 2. The third kappa shape index (κ3) is 4.87. The van der Waals surface area contributed by atoms with Crippen LogP contribution in [-0.4, -0.2) is 42.4 Å². The molecule has 1 fully saturated rings. The summed E-state index contributed by atoms with van der Waals surface area (Å²) < 4.78 is 0. The fourth-order valence-electron chi connectivity index (χ4n) is 4.69. The molecule has 6 heteroatoms. The Bertz CT molecular complexity index is 973. The van der Waals surface area contributed by atoms with E-state index in [1.807, 2.05) is 12.1 Å². The molecule has 5 nitrogen and oxygen atoms in total. The largest absolute Gasteiger partial charge is 0.369 e. The van der Waals surface area contributed by atoms with Gasteiger partial charge >= 0.3 is 0 Å². The zero-order chi connectivity index (χ0) is 22.0. The third-order valence-corrected chi connectivity index (χ3v) is 6.67. The van der Waals surface area contributed by atoms with E-state index in [9.17, 15) is 9.59 Å². The van der Waals surface area contributed by atoms with E-state index >= 15 is 0 Å². The summed E-state index contributed by atoms with van der Waals surface area (Å²) in [5, 5.41) is 3.68. The van der Waals surface area contributed by atoms with Crippen LogP contribution < -0.4 is 10.2 Å². The van der Waals surface area contributed by atoms with E-state index in [1.54, 1.807) is 4.90 Å². The number of nitrogens with zero attached hydrogens (tertiary/aromatic N) is 2. The van der Waals surface area contributed by atoms with Gasteiger partial charge in [-0.15, -0.1) is 0 Å². The lowest BCUT2D eigenvalue weighted by Crippen LogP contribution is -2.49. The predicted molar refractivity (Wildman–Crippen MR) is 126 cm³/mol. The summed E-state index contributed by atoms with van der Waals surface area (Å²) >= 11 is 6.66.